The topological polar surface area (TPSA) is 63.6 Å². The molecule has 0 saturated heterocycles. The first-order valence-corrected chi connectivity index (χ1v) is 15.2. The molecule has 0 saturated carbocycles. The van der Waals surface area contributed by atoms with Crippen molar-refractivity contribution < 1.29 is 19.4 Å². The van der Waals surface area contributed by atoms with E-state index in [0.717, 1.165) is 64.2 Å². The Morgan fingerprint density at radius 2 is 1.03 bits per heavy atom. The molecule has 4 nitrogen and oxygen atoms in total. The summed E-state index contributed by atoms with van der Waals surface area (Å²) in [5.41, 5.74) is 0. The van der Waals surface area contributed by atoms with Crippen LogP contribution in [0, 0.1) is 0 Å². The molecule has 0 rings (SSSR count). The molecule has 0 aliphatic rings. The Hall–Kier alpha value is -1.32. The first kappa shape index (κ1) is 33.7. The van der Waals surface area contributed by atoms with Gasteiger partial charge in [0.1, 0.15) is 6.10 Å². The summed E-state index contributed by atoms with van der Waals surface area (Å²) >= 11 is 0. The third-order valence-electron chi connectivity index (χ3n) is 6.74. The zero-order chi connectivity index (χ0) is 25.8. The predicted molar refractivity (Wildman–Crippen MR) is 149 cm³/mol. The van der Waals surface area contributed by atoms with Crippen molar-refractivity contribution in [2.75, 3.05) is 0 Å². The van der Waals surface area contributed by atoms with Gasteiger partial charge in [-0.05, 0) is 64.2 Å². The number of hydrogen-bond acceptors (Lipinski definition) is 3. The van der Waals surface area contributed by atoms with E-state index in [0.29, 0.717) is 6.42 Å². The Bertz CT molecular complexity index is 500. The molecule has 0 aromatic carbocycles. The molecule has 0 aromatic rings. The van der Waals surface area contributed by atoms with Crippen LogP contribution in [0.3, 0.4) is 0 Å². The van der Waals surface area contributed by atoms with Crippen LogP contribution in [0.15, 0.2) is 12.2 Å². The molecule has 206 valence electrons. The minimum atomic E-state index is -0.705. The molecule has 4 heteroatoms. The van der Waals surface area contributed by atoms with Gasteiger partial charge in [0.05, 0.1) is 0 Å². The van der Waals surface area contributed by atoms with E-state index >= 15 is 0 Å². The van der Waals surface area contributed by atoms with Crippen LogP contribution in [0.1, 0.15) is 168 Å². The average molecular weight is 495 g/mol. The van der Waals surface area contributed by atoms with Gasteiger partial charge in [-0.3, -0.25) is 9.59 Å². The van der Waals surface area contributed by atoms with Crippen molar-refractivity contribution in [2.24, 2.45) is 0 Å². The summed E-state index contributed by atoms with van der Waals surface area (Å²) in [6.07, 6.45) is 31.0. The van der Waals surface area contributed by atoms with Gasteiger partial charge in [-0.15, -0.1) is 0 Å². The summed E-state index contributed by atoms with van der Waals surface area (Å²) < 4.78 is 5.85. The number of rotatable bonds is 27. The summed E-state index contributed by atoms with van der Waals surface area (Å²) in [4.78, 5) is 22.9. The second-order valence-electron chi connectivity index (χ2n) is 10.3. The van der Waals surface area contributed by atoms with E-state index in [2.05, 4.69) is 26.0 Å². The predicted octanol–water partition coefficient (Wildman–Crippen LogP) is 9.94. The van der Waals surface area contributed by atoms with E-state index in [1.807, 2.05) is 0 Å². The average Bonchev–Trinajstić information content (AvgIpc) is 2.83. The van der Waals surface area contributed by atoms with Crippen LogP contribution in [0.4, 0.5) is 0 Å². The zero-order valence-corrected chi connectivity index (χ0v) is 23.4. The molecule has 35 heavy (non-hydrogen) atoms. The minimum absolute atomic E-state index is 0.0166. The molecule has 0 fully saturated rings. The van der Waals surface area contributed by atoms with E-state index in [1.54, 1.807) is 0 Å². The molecule has 0 bridgehead atoms. The van der Waals surface area contributed by atoms with E-state index in [1.165, 1.54) is 77.0 Å². The highest BCUT2D eigenvalue weighted by Gasteiger charge is 2.14. The quantitative estimate of drug-likeness (QED) is 0.0701. The zero-order valence-electron chi connectivity index (χ0n) is 23.4. The number of esters is 1. The largest absolute Gasteiger partial charge is 0.481 e. The molecule has 0 heterocycles. The number of carbonyl (C=O) groups is 2. The number of ether oxygens (including phenoxy) is 1. The van der Waals surface area contributed by atoms with Crippen LogP contribution in [0.25, 0.3) is 0 Å². The van der Waals surface area contributed by atoms with Crippen LogP contribution < -0.4 is 0 Å². The standard InChI is InChI=1S/C31H58O4/c1-3-5-7-8-9-10-11-12-13-14-15-16-20-24-28-31(34)35-29(25-21-6-4-2)26-22-18-17-19-23-27-30(32)33/h10-11,29H,3-9,12-28H2,1-2H3,(H,32,33)/b11-10-. The highest BCUT2D eigenvalue weighted by molar-refractivity contribution is 5.69. The van der Waals surface area contributed by atoms with Gasteiger partial charge in [-0.1, -0.05) is 103 Å². The van der Waals surface area contributed by atoms with Gasteiger partial charge >= 0.3 is 11.9 Å². The fraction of sp³-hybridized carbons (Fsp3) is 0.871. The van der Waals surface area contributed by atoms with Gasteiger partial charge in [0.2, 0.25) is 0 Å². The molecule has 0 aromatic heterocycles. The van der Waals surface area contributed by atoms with Crippen molar-refractivity contribution in [1.29, 1.82) is 0 Å². The maximum atomic E-state index is 12.4. The highest BCUT2D eigenvalue weighted by atomic mass is 16.5. The normalized spacial score (nSPS) is 12.3. The molecule has 0 aliphatic carbocycles. The Morgan fingerprint density at radius 1 is 0.600 bits per heavy atom. The number of aliphatic carboxylic acids is 1. The van der Waals surface area contributed by atoms with Crippen molar-refractivity contribution in [1.82, 2.24) is 0 Å². The summed E-state index contributed by atoms with van der Waals surface area (Å²) in [7, 11) is 0. The van der Waals surface area contributed by atoms with Crippen LogP contribution in [-0.4, -0.2) is 23.1 Å². The Labute approximate surface area is 217 Å². The Morgan fingerprint density at radius 3 is 1.60 bits per heavy atom. The fourth-order valence-electron chi connectivity index (χ4n) is 4.47. The Balaban J connectivity index is 3.77. The number of unbranched alkanes of at least 4 members (excludes halogenated alkanes) is 16. The first-order chi connectivity index (χ1) is 17.1. The van der Waals surface area contributed by atoms with Crippen molar-refractivity contribution in [3.8, 4) is 0 Å². The third-order valence-corrected chi connectivity index (χ3v) is 6.74. The number of hydrogen-bond donors (Lipinski definition) is 1. The SMILES string of the molecule is CCCCCC/C=C\CCCCCCCCC(=O)OC(CCCCC)CCCCCCCC(=O)O. The van der Waals surface area contributed by atoms with Gasteiger partial charge in [0.25, 0.3) is 0 Å². The van der Waals surface area contributed by atoms with Crippen molar-refractivity contribution in [3.63, 3.8) is 0 Å². The maximum Gasteiger partial charge on any atom is 0.306 e. The molecule has 0 aliphatic heterocycles. The van der Waals surface area contributed by atoms with E-state index in [9.17, 15) is 9.59 Å². The van der Waals surface area contributed by atoms with Gasteiger partial charge in [0, 0.05) is 12.8 Å². The lowest BCUT2D eigenvalue weighted by molar-refractivity contribution is -0.150. The lowest BCUT2D eigenvalue weighted by Gasteiger charge is -2.18. The highest BCUT2D eigenvalue weighted by Crippen LogP contribution is 2.17. The van der Waals surface area contributed by atoms with Gasteiger partial charge in [-0.2, -0.15) is 0 Å². The van der Waals surface area contributed by atoms with Crippen LogP contribution in [0.2, 0.25) is 0 Å². The molecule has 1 unspecified atom stereocenters. The maximum absolute atomic E-state index is 12.4. The molecular weight excluding hydrogens is 436 g/mol. The van der Waals surface area contributed by atoms with E-state index < -0.39 is 5.97 Å². The fourth-order valence-corrected chi connectivity index (χ4v) is 4.47. The van der Waals surface area contributed by atoms with Crippen LogP contribution >= 0.6 is 0 Å². The number of carbonyl (C=O) groups excluding carboxylic acids is 1. The van der Waals surface area contributed by atoms with Crippen molar-refractivity contribution >= 4 is 11.9 Å². The van der Waals surface area contributed by atoms with Crippen LogP contribution in [0.5, 0.6) is 0 Å². The number of carboxylic acids is 1. The second kappa shape index (κ2) is 27.3. The molecular formula is C31H58O4. The monoisotopic (exact) mass is 494 g/mol. The molecule has 0 radical (unpaired) electrons. The molecule has 1 N–H and O–H groups in total. The van der Waals surface area contributed by atoms with Gasteiger partial charge < -0.3 is 9.84 Å². The Kier molecular flexibility index (Phi) is 26.2. The first-order valence-electron chi connectivity index (χ1n) is 15.2. The minimum Gasteiger partial charge on any atom is -0.481 e. The number of carboxylic acid groups (broad SMARTS) is 1. The third kappa shape index (κ3) is 27.1. The summed E-state index contributed by atoms with van der Waals surface area (Å²) in [5, 5.41) is 8.70. The lowest BCUT2D eigenvalue weighted by Crippen LogP contribution is -2.18. The van der Waals surface area contributed by atoms with Crippen LogP contribution in [-0.2, 0) is 14.3 Å². The summed E-state index contributed by atoms with van der Waals surface area (Å²) in [5.74, 6) is -0.721. The second-order valence-corrected chi connectivity index (χ2v) is 10.3. The lowest BCUT2D eigenvalue weighted by atomic mass is 10.0. The summed E-state index contributed by atoms with van der Waals surface area (Å²) in [6, 6.07) is 0. The van der Waals surface area contributed by atoms with Crippen molar-refractivity contribution in [2.45, 2.75) is 174 Å². The molecule has 0 spiro atoms. The molecule has 1 atom stereocenters. The smallest absolute Gasteiger partial charge is 0.306 e. The van der Waals surface area contributed by atoms with E-state index in [4.69, 9.17) is 9.84 Å². The summed E-state index contributed by atoms with van der Waals surface area (Å²) in [6.45, 7) is 4.46. The van der Waals surface area contributed by atoms with Gasteiger partial charge in [0.15, 0.2) is 0 Å². The van der Waals surface area contributed by atoms with E-state index in [-0.39, 0.29) is 18.5 Å². The van der Waals surface area contributed by atoms with Crippen molar-refractivity contribution in [3.05, 3.63) is 12.2 Å². The number of allylic oxidation sites excluding steroid dienone is 2. The van der Waals surface area contributed by atoms with Gasteiger partial charge in [-0.25, -0.2) is 0 Å². The molecule has 0 amide bonds.